The molecular weight excluding hydrogens is 442 g/mol. The average Bonchev–Trinajstić information content (AvgIpc) is 3.30. The van der Waals surface area contributed by atoms with Gasteiger partial charge in [0.25, 0.3) is 5.91 Å². The molecule has 2 aromatic heterocycles. The minimum atomic E-state index is -0.324. The van der Waals surface area contributed by atoms with Crippen molar-refractivity contribution in [1.29, 1.82) is 0 Å². The van der Waals surface area contributed by atoms with Crippen molar-refractivity contribution in [1.82, 2.24) is 25.3 Å². The molecule has 33 heavy (non-hydrogen) atoms. The van der Waals surface area contributed by atoms with E-state index >= 15 is 0 Å². The Labute approximate surface area is 196 Å². The Hall–Kier alpha value is -3.91. The van der Waals surface area contributed by atoms with E-state index in [2.05, 4.69) is 20.6 Å². The van der Waals surface area contributed by atoms with E-state index in [1.54, 1.807) is 49.5 Å². The molecular formula is C24H22ClN5O3. The van der Waals surface area contributed by atoms with Gasteiger partial charge < -0.3 is 14.8 Å². The van der Waals surface area contributed by atoms with Crippen molar-refractivity contribution in [3.63, 3.8) is 0 Å². The predicted octanol–water partition coefficient (Wildman–Crippen LogP) is 3.97. The van der Waals surface area contributed by atoms with Gasteiger partial charge in [0.2, 0.25) is 0 Å². The van der Waals surface area contributed by atoms with Crippen LogP contribution in [0.2, 0.25) is 5.02 Å². The molecule has 0 saturated heterocycles. The summed E-state index contributed by atoms with van der Waals surface area (Å²) < 4.78 is 12.2. The number of nitrogens with zero attached hydrogens (tertiary/aromatic N) is 4. The fourth-order valence-corrected chi connectivity index (χ4v) is 3.53. The molecule has 0 aliphatic rings. The maximum absolute atomic E-state index is 13.0. The van der Waals surface area contributed by atoms with Crippen LogP contribution in [0.15, 0.2) is 67.0 Å². The lowest BCUT2D eigenvalue weighted by Crippen LogP contribution is -2.26. The summed E-state index contributed by atoms with van der Waals surface area (Å²) in [5.74, 6) is 0.978. The van der Waals surface area contributed by atoms with E-state index in [-0.39, 0.29) is 11.6 Å². The maximum Gasteiger partial charge on any atom is 0.274 e. The number of carbonyl (C=O) groups is 1. The number of nitrogens with one attached hydrogen (secondary N) is 1. The highest BCUT2D eigenvalue weighted by molar-refractivity contribution is 6.30. The zero-order chi connectivity index (χ0) is 23.2. The number of rotatable bonds is 8. The van der Waals surface area contributed by atoms with Gasteiger partial charge in [0, 0.05) is 29.5 Å². The molecule has 1 amide bonds. The van der Waals surface area contributed by atoms with Crippen LogP contribution in [0.1, 0.15) is 16.1 Å². The minimum Gasteiger partial charge on any atom is -0.493 e. The Morgan fingerprint density at radius 1 is 1.06 bits per heavy atom. The zero-order valence-electron chi connectivity index (χ0n) is 18.2. The first-order valence-electron chi connectivity index (χ1n) is 10.2. The highest BCUT2D eigenvalue weighted by Gasteiger charge is 2.22. The third-order valence-electron chi connectivity index (χ3n) is 5.04. The summed E-state index contributed by atoms with van der Waals surface area (Å²) in [6, 6.07) is 16.5. The van der Waals surface area contributed by atoms with Gasteiger partial charge in [-0.05, 0) is 60.5 Å². The first-order chi connectivity index (χ1) is 16.1. The molecule has 0 saturated carbocycles. The van der Waals surface area contributed by atoms with Crippen molar-refractivity contribution in [2.24, 2.45) is 0 Å². The molecule has 8 nitrogen and oxygen atoms in total. The summed E-state index contributed by atoms with van der Waals surface area (Å²) in [4.78, 5) is 17.2. The summed E-state index contributed by atoms with van der Waals surface area (Å²) in [6.45, 7) is 0.411. The van der Waals surface area contributed by atoms with Gasteiger partial charge in [0.15, 0.2) is 17.2 Å². The number of hydrogen-bond donors (Lipinski definition) is 1. The lowest BCUT2D eigenvalue weighted by molar-refractivity contribution is 0.0949. The quantitative estimate of drug-likeness (QED) is 0.425. The third-order valence-corrected chi connectivity index (χ3v) is 5.29. The van der Waals surface area contributed by atoms with E-state index in [1.807, 2.05) is 36.4 Å². The van der Waals surface area contributed by atoms with E-state index in [0.29, 0.717) is 35.2 Å². The number of benzene rings is 2. The van der Waals surface area contributed by atoms with Crippen molar-refractivity contribution < 1.29 is 14.3 Å². The zero-order valence-corrected chi connectivity index (χ0v) is 18.9. The van der Waals surface area contributed by atoms with Gasteiger partial charge in [-0.2, -0.15) is 0 Å². The van der Waals surface area contributed by atoms with Crippen LogP contribution in [-0.4, -0.2) is 46.6 Å². The average molecular weight is 464 g/mol. The standard InChI is InChI=1S/C24H22ClN5O3/c1-32-20-10-5-16(14-21(20)33-2)11-13-27-24(31)22-23(17-4-3-12-26-15-17)30(29-28-22)19-8-6-18(25)7-9-19/h3-10,12,14-15H,11,13H2,1-2H3,(H,27,31). The van der Waals surface area contributed by atoms with Crippen LogP contribution in [0, 0.1) is 0 Å². The SMILES string of the molecule is COc1ccc(CCNC(=O)c2nnn(-c3ccc(Cl)cc3)c2-c2cccnc2)cc1OC. The Bertz CT molecular complexity index is 1240. The minimum absolute atomic E-state index is 0.213. The summed E-state index contributed by atoms with van der Waals surface area (Å²) in [5.41, 5.74) is 3.22. The molecule has 0 aliphatic heterocycles. The van der Waals surface area contributed by atoms with Crippen molar-refractivity contribution in [3.05, 3.63) is 83.3 Å². The largest absolute Gasteiger partial charge is 0.493 e. The molecule has 0 atom stereocenters. The molecule has 2 aromatic carbocycles. The van der Waals surface area contributed by atoms with Crippen LogP contribution < -0.4 is 14.8 Å². The molecule has 2 heterocycles. The third kappa shape index (κ3) is 4.96. The monoisotopic (exact) mass is 463 g/mol. The van der Waals surface area contributed by atoms with Gasteiger partial charge in [-0.3, -0.25) is 9.78 Å². The number of aromatic nitrogens is 4. The van der Waals surface area contributed by atoms with E-state index < -0.39 is 0 Å². The molecule has 0 spiro atoms. The van der Waals surface area contributed by atoms with Crippen LogP contribution >= 0.6 is 11.6 Å². The number of halogens is 1. The molecule has 0 radical (unpaired) electrons. The highest BCUT2D eigenvalue weighted by atomic mass is 35.5. The van der Waals surface area contributed by atoms with Crippen LogP contribution in [0.4, 0.5) is 0 Å². The normalized spacial score (nSPS) is 10.6. The van der Waals surface area contributed by atoms with Crippen molar-refractivity contribution >= 4 is 17.5 Å². The number of ether oxygens (including phenoxy) is 2. The van der Waals surface area contributed by atoms with E-state index in [9.17, 15) is 4.79 Å². The summed E-state index contributed by atoms with van der Waals surface area (Å²) in [7, 11) is 3.18. The first-order valence-corrected chi connectivity index (χ1v) is 10.6. The Balaban J connectivity index is 1.56. The first kappa shape index (κ1) is 22.3. The second-order valence-corrected chi connectivity index (χ2v) is 7.55. The summed E-state index contributed by atoms with van der Waals surface area (Å²) >= 11 is 6.02. The van der Waals surface area contributed by atoms with E-state index in [0.717, 1.165) is 16.8 Å². The smallest absolute Gasteiger partial charge is 0.274 e. The number of carbonyl (C=O) groups excluding carboxylic acids is 1. The lowest BCUT2D eigenvalue weighted by atomic mass is 10.1. The Morgan fingerprint density at radius 3 is 2.55 bits per heavy atom. The molecule has 9 heteroatoms. The lowest BCUT2D eigenvalue weighted by Gasteiger charge is -2.10. The van der Waals surface area contributed by atoms with Crippen LogP contribution in [0.25, 0.3) is 16.9 Å². The van der Waals surface area contributed by atoms with Crippen molar-refractivity contribution in [3.8, 4) is 28.4 Å². The van der Waals surface area contributed by atoms with Gasteiger partial charge in [0.1, 0.15) is 5.69 Å². The van der Waals surface area contributed by atoms with Crippen LogP contribution in [-0.2, 0) is 6.42 Å². The molecule has 0 bridgehead atoms. The van der Waals surface area contributed by atoms with Gasteiger partial charge >= 0.3 is 0 Å². The van der Waals surface area contributed by atoms with Gasteiger partial charge in [-0.25, -0.2) is 4.68 Å². The topological polar surface area (TPSA) is 91.2 Å². The van der Waals surface area contributed by atoms with E-state index in [1.165, 1.54) is 0 Å². The number of pyridine rings is 1. The number of hydrogen-bond acceptors (Lipinski definition) is 6. The predicted molar refractivity (Wildman–Crippen MR) is 125 cm³/mol. The second kappa shape index (κ2) is 10.1. The van der Waals surface area contributed by atoms with Crippen molar-refractivity contribution in [2.75, 3.05) is 20.8 Å². The molecule has 1 N–H and O–H groups in total. The maximum atomic E-state index is 13.0. The number of methoxy groups -OCH3 is 2. The second-order valence-electron chi connectivity index (χ2n) is 7.11. The molecule has 4 rings (SSSR count). The summed E-state index contributed by atoms with van der Waals surface area (Å²) in [6.07, 6.45) is 3.95. The highest BCUT2D eigenvalue weighted by Crippen LogP contribution is 2.28. The molecule has 0 fully saturated rings. The molecule has 4 aromatic rings. The molecule has 0 unspecified atom stereocenters. The van der Waals surface area contributed by atoms with Gasteiger partial charge in [-0.1, -0.05) is 22.9 Å². The van der Waals surface area contributed by atoms with Crippen molar-refractivity contribution in [2.45, 2.75) is 6.42 Å². The Kier molecular flexibility index (Phi) is 6.85. The number of amides is 1. The van der Waals surface area contributed by atoms with Gasteiger partial charge in [0.05, 0.1) is 19.9 Å². The fourth-order valence-electron chi connectivity index (χ4n) is 3.40. The van der Waals surface area contributed by atoms with Crippen LogP contribution in [0.3, 0.4) is 0 Å². The van der Waals surface area contributed by atoms with E-state index in [4.69, 9.17) is 21.1 Å². The summed E-state index contributed by atoms with van der Waals surface area (Å²) in [5, 5.41) is 11.9. The molecule has 0 aliphatic carbocycles. The molecule has 168 valence electrons. The Morgan fingerprint density at radius 2 is 1.85 bits per heavy atom. The van der Waals surface area contributed by atoms with Crippen LogP contribution in [0.5, 0.6) is 11.5 Å². The van der Waals surface area contributed by atoms with Gasteiger partial charge in [-0.15, -0.1) is 5.10 Å². The fraction of sp³-hybridized carbons (Fsp3) is 0.167.